The molecule has 296 valence electrons. The third kappa shape index (κ3) is 6.89. The Labute approximate surface area is 348 Å². The first-order chi connectivity index (χ1) is 28.0. The van der Waals surface area contributed by atoms with Crippen molar-refractivity contribution in [3.63, 3.8) is 0 Å². The summed E-state index contributed by atoms with van der Waals surface area (Å²) in [5.74, 6) is 0.540. The molecule has 8 rings (SSSR count). The molecule has 0 N–H and O–H groups in total. The Morgan fingerprint density at radius 3 is 2.21 bits per heavy atom. The van der Waals surface area contributed by atoms with Crippen LogP contribution in [0.2, 0.25) is 0 Å². The maximum Gasteiger partial charge on any atom is 0.0448 e. The van der Waals surface area contributed by atoms with E-state index in [9.17, 15) is 0 Å². The van der Waals surface area contributed by atoms with Gasteiger partial charge in [-0.15, -0.1) is 0 Å². The molecule has 1 aliphatic heterocycles. The molecule has 0 saturated carbocycles. The molecule has 0 saturated heterocycles. The van der Waals surface area contributed by atoms with Gasteiger partial charge >= 0.3 is 0 Å². The van der Waals surface area contributed by atoms with Gasteiger partial charge in [-0.3, -0.25) is 0 Å². The summed E-state index contributed by atoms with van der Waals surface area (Å²) in [6.07, 6.45) is 14.5. The molecule has 3 aliphatic rings. The van der Waals surface area contributed by atoms with Gasteiger partial charge in [0.25, 0.3) is 0 Å². The van der Waals surface area contributed by atoms with Gasteiger partial charge in [0.15, 0.2) is 0 Å². The highest BCUT2D eigenvalue weighted by Gasteiger charge is 2.41. The van der Waals surface area contributed by atoms with Crippen molar-refractivity contribution >= 4 is 34.4 Å². The van der Waals surface area contributed by atoms with Crippen LogP contribution in [0.5, 0.6) is 0 Å². The summed E-state index contributed by atoms with van der Waals surface area (Å²) in [5, 5.41) is 2.75. The lowest BCUT2D eigenvalue weighted by Gasteiger charge is -2.49. The molecule has 0 spiro atoms. The Balaban J connectivity index is 1.07. The highest BCUT2D eigenvalue weighted by atomic mass is 15.2. The highest BCUT2D eigenvalue weighted by Crippen LogP contribution is 2.52. The lowest BCUT2D eigenvalue weighted by atomic mass is 9.77. The van der Waals surface area contributed by atoms with Crippen molar-refractivity contribution in [1.82, 2.24) is 0 Å². The number of nitrogens with zero attached hydrogens (tertiary/aromatic N) is 2. The van der Waals surface area contributed by atoms with E-state index in [1.165, 1.54) is 88.9 Å². The number of aryl methyl sites for hydroxylation is 1. The van der Waals surface area contributed by atoms with E-state index >= 15 is 0 Å². The molecule has 0 aromatic heterocycles. The number of rotatable bonds is 10. The quantitative estimate of drug-likeness (QED) is 0.131. The smallest absolute Gasteiger partial charge is 0.0448 e. The zero-order chi connectivity index (χ0) is 40.8. The second-order valence-corrected chi connectivity index (χ2v) is 17.9. The standard InChI is InChI=1S/C56H62N2/c1-10-40(26-25-38(4)45-33-34-54(49-22-16-15-21-46(45)49)57(12-3)52-23-17-13-19-42(52)11-2)27-28-41-29-31-47-48-32-30-44(37-51(48)55(6,7)50(47)36-41)58-53-24-18-14-20-43(53)35-39(5)56(58,8)9/h13-32,36-37,39H,10-12,33-35H2,1-9H3. The van der Waals surface area contributed by atoms with Crippen LogP contribution < -0.4 is 20.2 Å². The first-order valence-corrected chi connectivity index (χ1v) is 21.9. The predicted octanol–water partition coefficient (Wildman–Crippen LogP) is 13.2. The third-order valence-electron chi connectivity index (χ3n) is 13.9. The number of para-hydroxylation sites is 2. The second kappa shape index (κ2) is 15.8. The Morgan fingerprint density at radius 2 is 1.45 bits per heavy atom. The van der Waals surface area contributed by atoms with Gasteiger partial charge in [0.2, 0.25) is 0 Å². The van der Waals surface area contributed by atoms with Crippen molar-refractivity contribution in [3.8, 4) is 11.1 Å². The van der Waals surface area contributed by atoms with Crippen molar-refractivity contribution < 1.29 is 0 Å². The van der Waals surface area contributed by atoms with Gasteiger partial charge in [0.1, 0.15) is 0 Å². The lowest BCUT2D eigenvalue weighted by Crippen LogP contribution is -2.50. The lowest BCUT2D eigenvalue weighted by molar-refractivity contribution is 0.324. The van der Waals surface area contributed by atoms with Crippen LogP contribution >= 0.6 is 0 Å². The Hall–Kier alpha value is -5.34. The van der Waals surface area contributed by atoms with E-state index in [0.29, 0.717) is 5.92 Å². The summed E-state index contributed by atoms with van der Waals surface area (Å²) in [7, 11) is 0. The van der Waals surface area contributed by atoms with E-state index in [1.54, 1.807) is 0 Å². The number of anilines is 3. The number of hydrogen-bond donors (Lipinski definition) is 0. The highest BCUT2D eigenvalue weighted by molar-refractivity contribution is 5.85. The van der Waals surface area contributed by atoms with Crippen LogP contribution in [-0.4, -0.2) is 12.1 Å². The largest absolute Gasteiger partial charge is 0.345 e. The maximum atomic E-state index is 2.60. The molecule has 58 heavy (non-hydrogen) atoms. The predicted molar refractivity (Wildman–Crippen MR) is 251 cm³/mol. The molecule has 1 heterocycles. The van der Waals surface area contributed by atoms with E-state index in [1.807, 2.05) is 0 Å². The molecule has 5 aromatic rings. The zero-order valence-electron chi connectivity index (χ0n) is 36.4. The van der Waals surface area contributed by atoms with Gasteiger partial charge in [-0.05, 0) is 151 Å². The van der Waals surface area contributed by atoms with Crippen LogP contribution in [-0.2, 0) is 18.3 Å². The van der Waals surface area contributed by atoms with E-state index in [-0.39, 0.29) is 11.0 Å². The fourth-order valence-electron chi connectivity index (χ4n) is 10.1. The van der Waals surface area contributed by atoms with Crippen molar-refractivity contribution in [2.75, 3.05) is 16.3 Å². The molecule has 1 unspecified atom stereocenters. The monoisotopic (exact) mass is 762 g/mol. The molecule has 1 atom stereocenters. The van der Waals surface area contributed by atoms with Crippen molar-refractivity contribution in [2.24, 2.45) is 5.92 Å². The molecule has 5 aromatic carbocycles. The minimum absolute atomic E-state index is 0.00807. The second-order valence-electron chi connectivity index (χ2n) is 17.9. The van der Waals surface area contributed by atoms with Gasteiger partial charge < -0.3 is 9.80 Å². The van der Waals surface area contributed by atoms with E-state index < -0.39 is 0 Å². The summed E-state index contributed by atoms with van der Waals surface area (Å²) in [6.45, 7) is 22.1. The SMILES string of the molecule is CCC(C=Cc1ccc2c(c1)C(C)(C)c1cc(N3c4ccccc4CC(C)C3(C)C)ccc1-2)=CC=C(C)C1=c2ccccc2=C(N(CC)c2ccccc2CC)CC1. The summed E-state index contributed by atoms with van der Waals surface area (Å²) in [5.41, 5.74) is 19.1. The van der Waals surface area contributed by atoms with Gasteiger partial charge in [0.05, 0.1) is 0 Å². The molecular formula is C56H62N2. The first kappa shape index (κ1) is 39.5. The van der Waals surface area contributed by atoms with E-state index in [2.05, 4.69) is 206 Å². The summed E-state index contributed by atoms with van der Waals surface area (Å²) in [6, 6.07) is 41.3. The van der Waals surface area contributed by atoms with Crippen LogP contribution in [0.4, 0.5) is 17.1 Å². The minimum atomic E-state index is -0.1000. The van der Waals surface area contributed by atoms with Gasteiger partial charge in [-0.25, -0.2) is 0 Å². The molecule has 0 radical (unpaired) electrons. The summed E-state index contributed by atoms with van der Waals surface area (Å²) >= 11 is 0. The molecule has 2 nitrogen and oxygen atoms in total. The van der Waals surface area contributed by atoms with E-state index in [0.717, 1.165) is 38.6 Å². The van der Waals surface area contributed by atoms with E-state index in [4.69, 9.17) is 0 Å². The van der Waals surface area contributed by atoms with Crippen LogP contribution in [0.15, 0.2) is 139 Å². The topological polar surface area (TPSA) is 6.48 Å². The zero-order valence-corrected chi connectivity index (χ0v) is 36.4. The Bertz CT molecular complexity index is 2590. The minimum Gasteiger partial charge on any atom is -0.345 e. The molecule has 0 fully saturated rings. The molecule has 0 bridgehead atoms. The van der Waals surface area contributed by atoms with Crippen molar-refractivity contribution in [2.45, 2.75) is 105 Å². The van der Waals surface area contributed by atoms with Gasteiger partial charge in [-0.2, -0.15) is 0 Å². The molecule has 2 aliphatic carbocycles. The van der Waals surface area contributed by atoms with Gasteiger partial charge in [0, 0.05) is 45.5 Å². The summed E-state index contributed by atoms with van der Waals surface area (Å²) in [4.78, 5) is 5.16. The maximum absolute atomic E-state index is 2.60. The van der Waals surface area contributed by atoms with Crippen molar-refractivity contribution in [3.05, 3.63) is 177 Å². The van der Waals surface area contributed by atoms with Crippen molar-refractivity contribution in [1.29, 1.82) is 0 Å². The van der Waals surface area contributed by atoms with Crippen LogP contribution in [0, 0.1) is 5.92 Å². The average Bonchev–Trinajstić information content (AvgIpc) is 3.46. The first-order valence-electron chi connectivity index (χ1n) is 21.9. The number of benzene rings is 5. The summed E-state index contributed by atoms with van der Waals surface area (Å²) < 4.78 is 0. The average molecular weight is 763 g/mol. The Kier molecular flexibility index (Phi) is 10.7. The molecule has 0 amide bonds. The normalized spacial score (nSPS) is 18.2. The van der Waals surface area contributed by atoms with Crippen LogP contribution in [0.25, 0.3) is 28.5 Å². The van der Waals surface area contributed by atoms with Crippen LogP contribution in [0.3, 0.4) is 0 Å². The third-order valence-corrected chi connectivity index (χ3v) is 13.9. The fraction of sp³-hybridized carbons (Fsp3) is 0.321. The number of hydrogen-bond acceptors (Lipinski definition) is 2. The molecular weight excluding hydrogens is 701 g/mol. The van der Waals surface area contributed by atoms with Gasteiger partial charge in [-0.1, -0.05) is 144 Å². The van der Waals surface area contributed by atoms with Crippen LogP contribution in [0.1, 0.15) is 109 Å². The molecule has 2 heteroatoms. The number of fused-ring (bicyclic) bond motifs is 5. The number of allylic oxidation sites excluding steroid dienone is 5. The fourth-order valence-corrected chi connectivity index (χ4v) is 10.1. The Morgan fingerprint density at radius 1 is 0.759 bits per heavy atom.